The first-order valence-corrected chi connectivity index (χ1v) is 13.8. The molecule has 180 valence electrons. The molecule has 2 heteroatoms. The van der Waals surface area contributed by atoms with Gasteiger partial charge in [-0.3, -0.25) is 0 Å². The minimum atomic E-state index is 0.105. The van der Waals surface area contributed by atoms with E-state index in [1.165, 1.54) is 101 Å². The van der Waals surface area contributed by atoms with E-state index in [-0.39, 0.29) is 5.41 Å². The minimum Gasteiger partial charge on any atom is -0.399 e. The molecule has 2 saturated carbocycles. The fraction of sp³-hybridized carbons (Fsp3) is 0.613. The normalized spacial score (nSPS) is 23.4. The minimum absolute atomic E-state index is 0.105. The predicted molar refractivity (Wildman–Crippen MR) is 143 cm³/mol. The zero-order valence-corrected chi connectivity index (χ0v) is 20.9. The Labute approximate surface area is 202 Å². The first kappa shape index (κ1) is 24.2. The smallest absolute Gasteiger partial charge is 0.0314 e. The van der Waals surface area contributed by atoms with Crippen LogP contribution in [0.2, 0.25) is 0 Å². The SMILES string of the molecule is CCCCCCCC1CCC(C2CCC(c3ccc(N)cc3)(c3ccc(N)cc3)CC2)CC1. The van der Waals surface area contributed by atoms with E-state index in [4.69, 9.17) is 11.5 Å². The molecule has 0 saturated heterocycles. The predicted octanol–water partition coefficient (Wildman–Crippen LogP) is 8.49. The molecule has 0 bridgehead atoms. The van der Waals surface area contributed by atoms with Crippen LogP contribution in [0.15, 0.2) is 48.5 Å². The topological polar surface area (TPSA) is 52.0 Å². The van der Waals surface area contributed by atoms with Crippen molar-refractivity contribution in [3.05, 3.63) is 59.7 Å². The summed E-state index contributed by atoms with van der Waals surface area (Å²) in [4.78, 5) is 0. The van der Waals surface area contributed by atoms with Crippen LogP contribution in [0.4, 0.5) is 11.4 Å². The van der Waals surface area contributed by atoms with Crippen LogP contribution in [0.3, 0.4) is 0 Å². The van der Waals surface area contributed by atoms with Gasteiger partial charge in [-0.1, -0.05) is 82.6 Å². The molecule has 33 heavy (non-hydrogen) atoms. The lowest BCUT2D eigenvalue weighted by Gasteiger charge is -2.44. The standard InChI is InChI=1S/C31H46N2/c1-2-3-4-5-6-7-24-8-10-25(11-9-24)26-20-22-31(23-21-26,27-12-16-29(32)17-13-27)28-14-18-30(33)19-15-28/h12-19,24-26H,2-11,20-23,32-33H2,1H3. The van der Waals surface area contributed by atoms with E-state index >= 15 is 0 Å². The molecule has 0 atom stereocenters. The summed E-state index contributed by atoms with van der Waals surface area (Å²) in [6.07, 6.45) is 19.7. The van der Waals surface area contributed by atoms with Crippen LogP contribution in [0, 0.1) is 17.8 Å². The lowest BCUT2D eigenvalue weighted by Crippen LogP contribution is -2.36. The first-order valence-electron chi connectivity index (χ1n) is 13.8. The molecule has 0 radical (unpaired) electrons. The molecule has 2 aromatic carbocycles. The maximum Gasteiger partial charge on any atom is 0.0314 e. The Morgan fingerprint density at radius 1 is 0.636 bits per heavy atom. The van der Waals surface area contributed by atoms with Crippen LogP contribution in [-0.2, 0) is 5.41 Å². The van der Waals surface area contributed by atoms with Crippen LogP contribution >= 0.6 is 0 Å². The highest BCUT2D eigenvalue weighted by Gasteiger charge is 2.40. The van der Waals surface area contributed by atoms with Crippen molar-refractivity contribution in [3.63, 3.8) is 0 Å². The molecule has 2 fully saturated rings. The Morgan fingerprint density at radius 2 is 1.12 bits per heavy atom. The van der Waals surface area contributed by atoms with Crippen molar-refractivity contribution < 1.29 is 0 Å². The Kier molecular flexibility index (Phi) is 8.39. The van der Waals surface area contributed by atoms with E-state index in [0.717, 1.165) is 29.1 Å². The molecule has 0 aliphatic heterocycles. The number of unbranched alkanes of at least 4 members (excludes halogenated alkanes) is 4. The molecule has 2 aromatic rings. The Hall–Kier alpha value is -1.96. The van der Waals surface area contributed by atoms with Gasteiger partial charge in [0.25, 0.3) is 0 Å². The molecule has 0 heterocycles. The van der Waals surface area contributed by atoms with Gasteiger partial charge in [-0.05, 0) is 91.7 Å². The highest BCUT2D eigenvalue weighted by atomic mass is 14.6. The molecule has 4 N–H and O–H groups in total. The summed E-state index contributed by atoms with van der Waals surface area (Å²) in [5.41, 5.74) is 16.7. The van der Waals surface area contributed by atoms with Crippen molar-refractivity contribution >= 4 is 11.4 Å². The van der Waals surface area contributed by atoms with E-state index in [1.54, 1.807) is 0 Å². The maximum absolute atomic E-state index is 6.02. The van der Waals surface area contributed by atoms with Gasteiger partial charge in [0, 0.05) is 16.8 Å². The van der Waals surface area contributed by atoms with Crippen LogP contribution in [0.1, 0.15) is 108 Å². The third kappa shape index (κ3) is 5.94. The van der Waals surface area contributed by atoms with Crippen molar-refractivity contribution in [2.45, 2.75) is 102 Å². The second-order valence-electron chi connectivity index (χ2n) is 11.1. The lowest BCUT2D eigenvalue weighted by atomic mass is 9.60. The fourth-order valence-electron chi connectivity index (χ4n) is 6.94. The summed E-state index contributed by atoms with van der Waals surface area (Å²) in [7, 11) is 0. The average Bonchev–Trinajstić information content (AvgIpc) is 2.85. The van der Waals surface area contributed by atoms with Crippen molar-refractivity contribution in [1.82, 2.24) is 0 Å². The summed E-state index contributed by atoms with van der Waals surface area (Å²) in [6.45, 7) is 2.31. The first-order chi connectivity index (χ1) is 16.1. The largest absolute Gasteiger partial charge is 0.399 e. The Balaban J connectivity index is 1.35. The monoisotopic (exact) mass is 446 g/mol. The van der Waals surface area contributed by atoms with E-state index in [1.807, 2.05) is 0 Å². The molecular weight excluding hydrogens is 400 g/mol. The van der Waals surface area contributed by atoms with Gasteiger partial charge >= 0.3 is 0 Å². The summed E-state index contributed by atoms with van der Waals surface area (Å²) < 4.78 is 0. The number of benzene rings is 2. The molecule has 2 aliphatic carbocycles. The van der Waals surface area contributed by atoms with Gasteiger partial charge in [0.15, 0.2) is 0 Å². The number of hydrogen-bond acceptors (Lipinski definition) is 2. The van der Waals surface area contributed by atoms with Crippen LogP contribution in [0.5, 0.6) is 0 Å². The summed E-state index contributed by atoms with van der Waals surface area (Å²) >= 11 is 0. The number of anilines is 2. The van der Waals surface area contributed by atoms with Crippen LogP contribution in [-0.4, -0.2) is 0 Å². The summed E-state index contributed by atoms with van der Waals surface area (Å²) in [5.74, 6) is 2.87. The Bertz CT molecular complexity index is 775. The van der Waals surface area contributed by atoms with Crippen molar-refractivity contribution in [2.24, 2.45) is 17.8 Å². The van der Waals surface area contributed by atoms with E-state index in [0.29, 0.717) is 0 Å². The number of nitrogens with two attached hydrogens (primary N) is 2. The zero-order chi connectivity index (χ0) is 23.1. The van der Waals surface area contributed by atoms with Gasteiger partial charge in [-0.25, -0.2) is 0 Å². The van der Waals surface area contributed by atoms with Gasteiger partial charge in [-0.2, -0.15) is 0 Å². The van der Waals surface area contributed by atoms with Gasteiger partial charge < -0.3 is 11.5 Å². The van der Waals surface area contributed by atoms with Gasteiger partial charge in [0.1, 0.15) is 0 Å². The zero-order valence-electron chi connectivity index (χ0n) is 20.9. The van der Waals surface area contributed by atoms with Gasteiger partial charge in [0.2, 0.25) is 0 Å². The van der Waals surface area contributed by atoms with E-state index in [2.05, 4.69) is 55.5 Å². The average molecular weight is 447 g/mol. The summed E-state index contributed by atoms with van der Waals surface area (Å²) in [5, 5.41) is 0. The fourth-order valence-corrected chi connectivity index (χ4v) is 6.94. The quantitative estimate of drug-likeness (QED) is 0.299. The number of nitrogen functional groups attached to an aromatic ring is 2. The molecule has 0 aromatic heterocycles. The van der Waals surface area contributed by atoms with E-state index in [9.17, 15) is 0 Å². The number of rotatable bonds is 9. The molecule has 4 rings (SSSR count). The highest BCUT2D eigenvalue weighted by Crippen LogP contribution is 2.50. The van der Waals surface area contributed by atoms with Gasteiger partial charge in [-0.15, -0.1) is 0 Å². The van der Waals surface area contributed by atoms with E-state index < -0.39 is 0 Å². The van der Waals surface area contributed by atoms with Crippen LogP contribution in [0.25, 0.3) is 0 Å². The molecule has 0 spiro atoms. The van der Waals surface area contributed by atoms with Crippen molar-refractivity contribution in [3.8, 4) is 0 Å². The molecule has 2 nitrogen and oxygen atoms in total. The second kappa shape index (κ2) is 11.4. The third-order valence-corrected chi connectivity index (χ3v) is 9.08. The lowest BCUT2D eigenvalue weighted by molar-refractivity contribution is 0.140. The van der Waals surface area contributed by atoms with Gasteiger partial charge in [0.05, 0.1) is 0 Å². The molecule has 0 amide bonds. The van der Waals surface area contributed by atoms with Crippen molar-refractivity contribution in [1.29, 1.82) is 0 Å². The molecular formula is C31H46N2. The number of hydrogen-bond donors (Lipinski definition) is 2. The highest BCUT2D eigenvalue weighted by molar-refractivity contribution is 5.49. The summed E-state index contributed by atoms with van der Waals surface area (Å²) in [6, 6.07) is 17.3. The van der Waals surface area contributed by atoms with Crippen molar-refractivity contribution in [2.75, 3.05) is 11.5 Å². The third-order valence-electron chi connectivity index (χ3n) is 9.08. The molecule has 2 aliphatic rings. The Morgan fingerprint density at radius 3 is 1.64 bits per heavy atom. The van der Waals surface area contributed by atoms with Crippen LogP contribution < -0.4 is 11.5 Å². The molecule has 0 unspecified atom stereocenters. The second-order valence-corrected chi connectivity index (χ2v) is 11.1. The maximum atomic E-state index is 6.02.